The Morgan fingerprint density at radius 2 is 1.93 bits per heavy atom. The van der Waals surface area contributed by atoms with Gasteiger partial charge in [0.2, 0.25) is 0 Å². The molecule has 8 nitrogen and oxygen atoms in total. The Balaban J connectivity index is 1.46. The Kier molecular flexibility index (Phi) is 4.91. The number of amidine groups is 1. The molecule has 11 heteroatoms. The van der Waals surface area contributed by atoms with Crippen LogP contribution in [0.1, 0.15) is 15.9 Å². The molecule has 152 valence electrons. The number of carbonyl (C=O) groups excluding carboxylic acids is 1. The first-order valence-electron chi connectivity index (χ1n) is 8.62. The molecule has 0 aromatic heterocycles. The van der Waals surface area contributed by atoms with E-state index in [1.165, 1.54) is 23.9 Å². The van der Waals surface area contributed by atoms with Gasteiger partial charge in [-0.05, 0) is 47.7 Å². The van der Waals surface area contributed by atoms with Crippen LogP contribution in [0.4, 0.5) is 5.69 Å². The van der Waals surface area contributed by atoms with Crippen LogP contribution < -0.4 is 10.2 Å². The van der Waals surface area contributed by atoms with Crippen LogP contribution in [-0.2, 0) is 26.4 Å². The van der Waals surface area contributed by atoms with Crippen LogP contribution >= 0.6 is 11.8 Å². The lowest BCUT2D eigenvalue weighted by Gasteiger charge is -2.22. The van der Waals surface area contributed by atoms with Gasteiger partial charge in [0, 0.05) is 29.8 Å². The molecule has 2 aromatic carbocycles. The molecule has 29 heavy (non-hydrogen) atoms. The van der Waals surface area contributed by atoms with Crippen molar-refractivity contribution in [2.45, 2.75) is 16.3 Å². The highest BCUT2D eigenvalue weighted by molar-refractivity contribution is 8.15. The maximum atomic E-state index is 12.5. The fraction of sp³-hybridized carbons (Fsp3) is 0.222. The zero-order valence-corrected chi connectivity index (χ0v) is 17.8. The van der Waals surface area contributed by atoms with Crippen molar-refractivity contribution in [1.82, 2.24) is 5.32 Å². The number of rotatable bonds is 4. The van der Waals surface area contributed by atoms with Crippen LogP contribution in [-0.4, -0.2) is 46.5 Å². The lowest BCUT2D eigenvalue weighted by atomic mass is 10.1. The van der Waals surface area contributed by atoms with Crippen molar-refractivity contribution in [2.24, 2.45) is 4.40 Å². The maximum absolute atomic E-state index is 12.5. The van der Waals surface area contributed by atoms with Gasteiger partial charge in [0.1, 0.15) is 0 Å². The Bertz CT molecular complexity index is 1240. The minimum atomic E-state index is -3.42. The number of hydrogen-bond acceptors (Lipinski definition) is 7. The van der Waals surface area contributed by atoms with Crippen molar-refractivity contribution < 1.29 is 21.6 Å². The molecule has 2 aliphatic heterocycles. The molecule has 4 rings (SSSR count). The van der Waals surface area contributed by atoms with Gasteiger partial charge in [0.25, 0.3) is 15.9 Å². The van der Waals surface area contributed by atoms with E-state index in [4.69, 9.17) is 0 Å². The number of benzene rings is 2. The third-order valence-corrected chi connectivity index (χ3v) is 7.97. The van der Waals surface area contributed by atoms with Crippen molar-refractivity contribution in [1.29, 1.82) is 0 Å². The van der Waals surface area contributed by atoms with E-state index in [2.05, 4.69) is 9.71 Å². The van der Waals surface area contributed by atoms with E-state index in [9.17, 15) is 21.6 Å². The van der Waals surface area contributed by atoms with Crippen LogP contribution in [0.25, 0.3) is 0 Å². The zero-order chi connectivity index (χ0) is 20.8. The molecule has 2 heterocycles. The first kappa shape index (κ1) is 19.9. The summed E-state index contributed by atoms with van der Waals surface area (Å²) in [5.41, 5.74) is 2.07. The topological polar surface area (TPSA) is 113 Å². The number of fused-ring (bicyclic) bond motifs is 3. The predicted molar refractivity (Wildman–Crippen MR) is 112 cm³/mol. The third kappa shape index (κ3) is 4.16. The molecule has 0 fully saturated rings. The van der Waals surface area contributed by atoms with Gasteiger partial charge in [-0.2, -0.15) is 0 Å². The van der Waals surface area contributed by atoms with Crippen molar-refractivity contribution >= 4 is 48.4 Å². The molecular formula is C18H17N3O5S3. The summed E-state index contributed by atoms with van der Waals surface area (Å²) in [6.45, 7) is 0.598. The molecular weight excluding hydrogens is 434 g/mol. The molecule has 0 aliphatic carbocycles. The van der Waals surface area contributed by atoms with Crippen molar-refractivity contribution in [3.63, 3.8) is 0 Å². The van der Waals surface area contributed by atoms with Crippen LogP contribution in [0, 0.1) is 0 Å². The van der Waals surface area contributed by atoms with Crippen molar-refractivity contribution in [3.05, 3.63) is 53.6 Å². The molecule has 0 radical (unpaired) electrons. The van der Waals surface area contributed by atoms with Crippen molar-refractivity contribution in [2.75, 3.05) is 23.5 Å². The Labute approximate surface area is 173 Å². The van der Waals surface area contributed by atoms with Gasteiger partial charge >= 0.3 is 0 Å². The highest BCUT2D eigenvalue weighted by atomic mass is 32.2. The molecule has 0 atom stereocenters. The lowest BCUT2D eigenvalue weighted by Crippen LogP contribution is -2.35. The average Bonchev–Trinajstić information content (AvgIpc) is 3.00. The fourth-order valence-corrected chi connectivity index (χ4v) is 5.94. The minimum absolute atomic E-state index is 0.0309. The van der Waals surface area contributed by atoms with E-state index in [1.807, 2.05) is 4.90 Å². The fourth-order valence-electron chi connectivity index (χ4n) is 3.01. The summed E-state index contributed by atoms with van der Waals surface area (Å²) in [5, 5.41) is 3.21. The van der Waals surface area contributed by atoms with Gasteiger partial charge in [0.05, 0.1) is 16.3 Å². The zero-order valence-electron chi connectivity index (χ0n) is 15.3. The number of sulfonamides is 1. The van der Waals surface area contributed by atoms with E-state index in [1.54, 1.807) is 30.3 Å². The number of nitrogens with zero attached hydrogens (tertiary/aromatic N) is 2. The van der Waals surface area contributed by atoms with Gasteiger partial charge < -0.3 is 10.2 Å². The van der Waals surface area contributed by atoms with Gasteiger partial charge in [0.15, 0.2) is 15.0 Å². The molecule has 0 saturated heterocycles. The minimum Gasteiger partial charge on any atom is -0.348 e. The summed E-state index contributed by atoms with van der Waals surface area (Å²) >= 11 is 1.23. The summed E-state index contributed by atoms with van der Waals surface area (Å²) in [6, 6.07) is 11.5. The number of hydrogen-bond donors (Lipinski definition) is 1. The average molecular weight is 452 g/mol. The second-order valence-corrected chi connectivity index (χ2v) is 11.5. The molecule has 0 bridgehead atoms. The SMILES string of the molecule is CS(=O)(=O)c1ccc(CNC(=O)c2ccc3c(c2)SC2=NS(=O)(=O)CCN23)cc1. The first-order chi connectivity index (χ1) is 13.6. The number of nitrogens with one attached hydrogen (secondary N) is 1. The Morgan fingerprint density at radius 1 is 1.21 bits per heavy atom. The van der Waals surface area contributed by atoms with Crippen molar-refractivity contribution in [3.8, 4) is 0 Å². The normalized spacial score (nSPS) is 17.3. The number of anilines is 1. The predicted octanol–water partition coefficient (Wildman–Crippen LogP) is 1.63. The van der Waals surface area contributed by atoms with E-state index in [-0.39, 0.29) is 23.1 Å². The largest absolute Gasteiger partial charge is 0.348 e. The number of thioether (sulfide) groups is 1. The van der Waals surface area contributed by atoms with Crippen LogP contribution in [0.2, 0.25) is 0 Å². The molecule has 0 unspecified atom stereocenters. The lowest BCUT2D eigenvalue weighted by molar-refractivity contribution is 0.0950. The molecule has 1 N–H and O–H groups in total. The smallest absolute Gasteiger partial charge is 0.257 e. The van der Waals surface area contributed by atoms with E-state index in [0.29, 0.717) is 17.3 Å². The van der Waals surface area contributed by atoms with E-state index < -0.39 is 19.9 Å². The van der Waals surface area contributed by atoms with Gasteiger partial charge in [-0.1, -0.05) is 12.1 Å². The summed E-state index contributed by atoms with van der Waals surface area (Å²) in [5.74, 6) is -0.309. The van der Waals surface area contributed by atoms with E-state index in [0.717, 1.165) is 22.4 Å². The van der Waals surface area contributed by atoms with Gasteiger partial charge in [-0.15, -0.1) is 4.40 Å². The third-order valence-electron chi connectivity index (χ3n) is 4.54. The quantitative estimate of drug-likeness (QED) is 0.752. The highest BCUT2D eigenvalue weighted by Crippen LogP contribution is 2.42. The van der Waals surface area contributed by atoms with Crippen LogP contribution in [0.5, 0.6) is 0 Å². The molecule has 0 saturated carbocycles. The van der Waals surface area contributed by atoms with Gasteiger partial charge in [-0.25, -0.2) is 16.8 Å². The standard InChI is InChI=1S/C18H17N3O5S3/c1-28(23,24)14-5-2-12(3-6-14)11-19-17(22)13-4-7-15-16(10-13)27-18-20-29(25,26)9-8-21(15)18/h2-7,10H,8-9,11H2,1H3,(H,19,22). The second kappa shape index (κ2) is 7.15. The summed E-state index contributed by atoms with van der Waals surface area (Å²) < 4.78 is 50.2. The van der Waals surface area contributed by atoms with Crippen LogP contribution in [0.3, 0.4) is 0 Å². The summed E-state index contributed by atoms with van der Waals surface area (Å²) in [6.07, 6.45) is 1.14. The molecule has 0 spiro atoms. The molecule has 2 aromatic rings. The molecule has 1 amide bonds. The summed E-state index contributed by atoms with van der Waals surface area (Å²) in [7, 11) is -6.68. The van der Waals surface area contributed by atoms with Gasteiger partial charge in [-0.3, -0.25) is 4.79 Å². The summed E-state index contributed by atoms with van der Waals surface area (Å²) in [4.78, 5) is 15.4. The highest BCUT2D eigenvalue weighted by Gasteiger charge is 2.33. The number of sulfone groups is 1. The Hall–Kier alpha value is -2.37. The first-order valence-corrected chi connectivity index (χ1v) is 12.9. The van der Waals surface area contributed by atoms with E-state index >= 15 is 0 Å². The monoisotopic (exact) mass is 451 g/mol. The number of carbonyl (C=O) groups is 1. The Morgan fingerprint density at radius 3 is 2.62 bits per heavy atom. The molecule has 2 aliphatic rings. The number of amides is 1. The maximum Gasteiger partial charge on any atom is 0.257 e. The second-order valence-electron chi connectivity index (χ2n) is 6.69. The van der Waals surface area contributed by atoms with Crippen LogP contribution in [0.15, 0.2) is 56.7 Å².